The summed E-state index contributed by atoms with van der Waals surface area (Å²) in [6, 6.07) is 5.92. The number of ether oxygens (including phenoxy) is 1. The molecule has 23 heavy (non-hydrogen) atoms. The molecule has 1 atom stereocenters. The van der Waals surface area contributed by atoms with Gasteiger partial charge in [-0.15, -0.1) is 0 Å². The highest BCUT2D eigenvalue weighted by Gasteiger charge is 2.29. The average molecular weight is 320 g/mol. The van der Waals surface area contributed by atoms with Gasteiger partial charge in [0, 0.05) is 18.2 Å². The van der Waals surface area contributed by atoms with Crippen molar-refractivity contribution in [3.05, 3.63) is 29.6 Å². The van der Waals surface area contributed by atoms with Crippen LogP contribution in [-0.2, 0) is 6.54 Å². The molecule has 2 aliphatic heterocycles. The summed E-state index contributed by atoms with van der Waals surface area (Å²) >= 11 is 0. The largest absolute Gasteiger partial charge is 0.493 e. The quantitative estimate of drug-likeness (QED) is 0.825. The van der Waals surface area contributed by atoms with Crippen LogP contribution in [0.1, 0.15) is 38.2 Å². The van der Waals surface area contributed by atoms with Crippen molar-refractivity contribution in [1.29, 1.82) is 0 Å². The lowest BCUT2D eigenvalue weighted by molar-refractivity contribution is 0.107. The lowest BCUT2D eigenvalue weighted by atomic mass is 9.89. The molecule has 2 heterocycles. The number of halogens is 1. The lowest BCUT2D eigenvalue weighted by Crippen LogP contribution is -2.42. The van der Waals surface area contributed by atoms with Gasteiger partial charge in [0.15, 0.2) is 11.6 Å². The molecule has 0 saturated carbocycles. The second-order valence-corrected chi connectivity index (χ2v) is 7.03. The summed E-state index contributed by atoms with van der Waals surface area (Å²) in [4.78, 5) is 5.10. The highest BCUT2D eigenvalue weighted by molar-refractivity contribution is 5.34. The molecule has 0 bridgehead atoms. The predicted octanol–water partition coefficient (Wildman–Crippen LogP) is 3.53. The van der Waals surface area contributed by atoms with E-state index in [1.165, 1.54) is 44.8 Å². The summed E-state index contributed by atoms with van der Waals surface area (Å²) in [5, 5.41) is 0. The van der Waals surface area contributed by atoms with Crippen LogP contribution in [0, 0.1) is 11.7 Å². The Labute approximate surface area is 139 Å². The van der Waals surface area contributed by atoms with E-state index in [-0.39, 0.29) is 5.82 Å². The molecule has 0 aliphatic carbocycles. The van der Waals surface area contributed by atoms with Gasteiger partial charge >= 0.3 is 0 Å². The number of methoxy groups -OCH3 is 1. The second kappa shape index (κ2) is 7.63. The number of likely N-dealkylation sites (tertiary alicyclic amines) is 2. The third-order valence-corrected chi connectivity index (χ3v) is 5.68. The van der Waals surface area contributed by atoms with Crippen LogP contribution in [0.2, 0.25) is 0 Å². The molecule has 2 fully saturated rings. The minimum absolute atomic E-state index is 0.262. The smallest absolute Gasteiger partial charge is 0.165 e. The van der Waals surface area contributed by atoms with Crippen LogP contribution >= 0.6 is 0 Å². The van der Waals surface area contributed by atoms with Crippen LogP contribution < -0.4 is 4.74 Å². The molecule has 1 aromatic rings. The molecular formula is C19H29FN2O. The van der Waals surface area contributed by atoms with Gasteiger partial charge in [0.2, 0.25) is 0 Å². The molecule has 0 radical (unpaired) electrons. The Morgan fingerprint density at radius 1 is 1.17 bits per heavy atom. The Hall–Kier alpha value is -1.13. The molecule has 128 valence electrons. The van der Waals surface area contributed by atoms with E-state index in [9.17, 15) is 4.39 Å². The molecular weight excluding hydrogens is 291 g/mol. The van der Waals surface area contributed by atoms with Crippen LogP contribution in [0.4, 0.5) is 4.39 Å². The normalized spacial score (nSPS) is 22.4. The van der Waals surface area contributed by atoms with Gasteiger partial charge in [0.25, 0.3) is 0 Å². The van der Waals surface area contributed by atoms with Crippen molar-refractivity contribution in [1.82, 2.24) is 9.80 Å². The number of hydrogen-bond acceptors (Lipinski definition) is 3. The molecule has 2 saturated heterocycles. The maximum atomic E-state index is 13.8. The number of rotatable bonds is 5. The summed E-state index contributed by atoms with van der Waals surface area (Å²) in [7, 11) is 1.55. The summed E-state index contributed by atoms with van der Waals surface area (Å²) in [5.74, 6) is 0.946. The van der Waals surface area contributed by atoms with Crippen molar-refractivity contribution in [2.75, 3.05) is 33.3 Å². The molecule has 1 aromatic carbocycles. The van der Waals surface area contributed by atoms with Crippen LogP contribution in [0.3, 0.4) is 0 Å². The molecule has 3 rings (SSSR count). The number of benzene rings is 1. The van der Waals surface area contributed by atoms with Gasteiger partial charge in [0.1, 0.15) is 0 Å². The highest BCUT2D eigenvalue weighted by atomic mass is 19.1. The Bertz CT molecular complexity index is 508. The Morgan fingerprint density at radius 3 is 2.52 bits per heavy atom. The van der Waals surface area contributed by atoms with Crippen molar-refractivity contribution in [3.8, 4) is 5.75 Å². The second-order valence-electron chi connectivity index (χ2n) is 7.03. The first-order valence-electron chi connectivity index (χ1n) is 8.97. The van der Waals surface area contributed by atoms with Crippen molar-refractivity contribution in [3.63, 3.8) is 0 Å². The van der Waals surface area contributed by atoms with E-state index < -0.39 is 0 Å². The van der Waals surface area contributed by atoms with Gasteiger partial charge < -0.3 is 9.64 Å². The summed E-state index contributed by atoms with van der Waals surface area (Å²) in [6.07, 6.45) is 5.22. The molecule has 0 unspecified atom stereocenters. The Balaban J connectivity index is 1.54. The van der Waals surface area contributed by atoms with Crippen molar-refractivity contribution >= 4 is 0 Å². The average Bonchev–Trinajstić information content (AvgIpc) is 3.10. The fourth-order valence-corrected chi connectivity index (χ4v) is 4.19. The van der Waals surface area contributed by atoms with Crippen LogP contribution in [0.25, 0.3) is 0 Å². The standard InChI is InChI=1S/C19H29FN2O/c1-15(22-10-3-4-11-22)16-8-12-21(13-9-16)14-17-6-5-7-18(20)19(17)23-2/h5-7,15-16H,3-4,8-14H2,1-2H3/t15-/m1/s1. The zero-order chi connectivity index (χ0) is 16.2. The van der Waals surface area contributed by atoms with E-state index in [4.69, 9.17) is 4.74 Å². The van der Waals surface area contributed by atoms with E-state index in [1.807, 2.05) is 6.07 Å². The van der Waals surface area contributed by atoms with E-state index in [0.717, 1.165) is 31.1 Å². The maximum Gasteiger partial charge on any atom is 0.165 e. The zero-order valence-corrected chi connectivity index (χ0v) is 14.4. The van der Waals surface area contributed by atoms with E-state index >= 15 is 0 Å². The molecule has 0 aromatic heterocycles. The van der Waals surface area contributed by atoms with Crippen molar-refractivity contribution in [2.45, 2.75) is 45.2 Å². The minimum atomic E-state index is -0.262. The summed E-state index contributed by atoms with van der Waals surface area (Å²) in [6.45, 7) is 7.95. The Kier molecular flexibility index (Phi) is 5.54. The topological polar surface area (TPSA) is 15.7 Å². The molecule has 0 amide bonds. The minimum Gasteiger partial charge on any atom is -0.493 e. The first-order valence-corrected chi connectivity index (χ1v) is 8.97. The van der Waals surface area contributed by atoms with Crippen LogP contribution in [0.15, 0.2) is 18.2 Å². The predicted molar refractivity (Wildman–Crippen MR) is 91.2 cm³/mol. The number of hydrogen-bond donors (Lipinski definition) is 0. The van der Waals surface area contributed by atoms with Gasteiger partial charge in [-0.1, -0.05) is 12.1 Å². The fourth-order valence-electron chi connectivity index (χ4n) is 4.19. The lowest BCUT2D eigenvalue weighted by Gasteiger charge is -2.38. The van der Waals surface area contributed by atoms with Gasteiger partial charge in [-0.2, -0.15) is 0 Å². The molecule has 0 N–H and O–H groups in total. The molecule has 2 aliphatic rings. The number of nitrogens with zero attached hydrogens (tertiary/aromatic N) is 2. The van der Waals surface area contributed by atoms with Gasteiger partial charge in [-0.05, 0) is 70.8 Å². The van der Waals surface area contributed by atoms with Crippen LogP contribution in [-0.4, -0.2) is 49.1 Å². The summed E-state index contributed by atoms with van der Waals surface area (Å²) < 4.78 is 19.0. The van der Waals surface area contributed by atoms with E-state index in [0.29, 0.717) is 11.8 Å². The van der Waals surface area contributed by atoms with Crippen molar-refractivity contribution in [2.24, 2.45) is 5.92 Å². The SMILES string of the molecule is COc1c(F)cccc1CN1CCC([C@@H](C)N2CCCC2)CC1. The van der Waals surface area contributed by atoms with E-state index in [2.05, 4.69) is 16.7 Å². The van der Waals surface area contributed by atoms with Crippen molar-refractivity contribution < 1.29 is 9.13 Å². The Morgan fingerprint density at radius 2 is 1.87 bits per heavy atom. The molecule has 0 spiro atoms. The van der Waals surface area contributed by atoms with E-state index in [1.54, 1.807) is 13.2 Å². The maximum absolute atomic E-state index is 13.8. The first-order chi connectivity index (χ1) is 11.2. The first kappa shape index (κ1) is 16.7. The third-order valence-electron chi connectivity index (χ3n) is 5.68. The zero-order valence-electron chi connectivity index (χ0n) is 14.4. The van der Waals surface area contributed by atoms with Crippen LogP contribution in [0.5, 0.6) is 5.75 Å². The number of para-hydroxylation sites is 1. The molecule has 3 nitrogen and oxygen atoms in total. The monoisotopic (exact) mass is 320 g/mol. The fraction of sp³-hybridized carbons (Fsp3) is 0.684. The van der Waals surface area contributed by atoms with Gasteiger partial charge in [0.05, 0.1) is 7.11 Å². The third kappa shape index (κ3) is 3.86. The van der Waals surface area contributed by atoms with Gasteiger partial charge in [-0.3, -0.25) is 4.90 Å². The number of piperidine rings is 1. The summed E-state index contributed by atoms with van der Waals surface area (Å²) in [5.41, 5.74) is 0.957. The molecule has 4 heteroatoms. The van der Waals surface area contributed by atoms with Gasteiger partial charge in [-0.25, -0.2) is 4.39 Å². The highest BCUT2D eigenvalue weighted by Crippen LogP contribution is 2.29.